The Bertz CT molecular complexity index is 1530. The van der Waals surface area contributed by atoms with Crippen molar-refractivity contribution >= 4 is 22.7 Å². The third-order valence-corrected chi connectivity index (χ3v) is 6.48. The van der Waals surface area contributed by atoms with Gasteiger partial charge < -0.3 is 15.3 Å². The van der Waals surface area contributed by atoms with Crippen molar-refractivity contribution in [3.63, 3.8) is 0 Å². The molecule has 0 unspecified atom stereocenters. The van der Waals surface area contributed by atoms with E-state index in [-0.39, 0.29) is 11.4 Å². The molecule has 1 fully saturated rings. The number of piperazine rings is 1. The van der Waals surface area contributed by atoms with Gasteiger partial charge in [0.2, 0.25) is 5.82 Å². The molecule has 1 aliphatic rings. The highest BCUT2D eigenvalue weighted by Gasteiger charge is 2.21. The summed E-state index contributed by atoms with van der Waals surface area (Å²) in [5.41, 5.74) is 3.76. The van der Waals surface area contributed by atoms with Crippen LogP contribution in [0.4, 0.5) is 21.6 Å². The van der Waals surface area contributed by atoms with Crippen molar-refractivity contribution in [1.82, 2.24) is 29.5 Å². The predicted molar refractivity (Wildman–Crippen MR) is 139 cm³/mol. The van der Waals surface area contributed by atoms with Gasteiger partial charge in [-0.15, -0.1) is 5.10 Å². The van der Waals surface area contributed by atoms with Gasteiger partial charge in [-0.25, -0.2) is 13.9 Å². The Kier molecular flexibility index (Phi) is 6.07. The standard InChI is InChI=1S/C27H25FN8O/c28-22-17-29-10-7-23(22)31-27-25-19(8-11-36(25)33-26(32-27)24-6-1-2-9-30-24)18-34-12-14-35(15-13-34)20-4-3-5-21(37)16-20/h1-11,16-17,37H,12-15,18H2,(H,29,31,32,33). The zero-order valence-corrected chi connectivity index (χ0v) is 20.0. The second-order valence-corrected chi connectivity index (χ2v) is 8.90. The highest BCUT2D eigenvalue weighted by Crippen LogP contribution is 2.28. The first kappa shape index (κ1) is 22.9. The number of phenolic OH excluding ortho intramolecular Hbond substituents is 1. The van der Waals surface area contributed by atoms with Gasteiger partial charge >= 0.3 is 0 Å². The van der Waals surface area contributed by atoms with Crippen LogP contribution in [0.15, 0.2) is 79.4 Å². The number of nitrogens with one attached hydrogen (secondary N) is 1. The summed E-state index contributed by atoms with van der Waals surface area (Å²) in [4.78, 5) is 17.6. The molecule has 5 aromatic rings. The van der Waals surface area contributed by atoms with E-state index in [1.165, 1.54) is 12.4 Å². The smallest absolute Gasteiger partial charge is 0.200 e. The largest absolute Gasteiger partial charge is 0.508 e. The molecule has 4 aromatic heterocycles. The number of hydrogen-bond acceptors (Lipinski definition) is 8. The fourth-order valence-corrected chi connectivity index (χ4v) is 4.61. The van der Waals surface area contributed by atoms with Crippen molar-refractivity contribution < 1.29 is 9.50 Å². The van der Waals surface area contributed by atoms with Crippen molar-refractivity contribution in [1.29, 1.82) is 0 Å². The predicted octanol–water partition coefficient (Wildman–Crippen LogP) is 4.10. The SMILES string of the molecule is Oc1cccc(N2CCN(Cc3ccn4nc(-c5ccccn5)nc(Nc5ccncc5F)c34)CC2)c1. The highest BCUT2D eigenvalue weighted by molar-refractivity contribution is 5.78. The Balaban J connectivity index is 1.29. The first-order chi connectivity index (χ1) is 18.1. The van der Waals surface area contributed by atoms with Gasteiger partial charge in [0.1, 0.15) is 17.0 Å². The lowest BCUT2D eigenvalue weighted by Crippen LogP contribution is -2.45. The van der Waals surface area contributed by atoms with Crippen molar-refractivity contribution in [3.8, 4) is 17.3 Å². The van der Waals surface area contributed by atoms with Crippen molar-refractivity contribution in [2.24, 2.45) is 0 Å². The van der Waals surface area contributed by atoms with Crippen LogP contribution >= 0.6 is 0 Å². The molecule has 0 saturated carbocycles. The van der Waals surface area contributed by atoms with Crippen LogP contribution in [0.25, 0.3) is 17.0 Å². The van der Waals surface area contributed by atoms with E-state index in [0.29, 0.717) is 23.9 Å². The molecular formula is C27H25FN8O. The van der Waals surface area contributed by atoms with Crippen LogP contribution in [0.3, 0.4) is 0 Å². The number of anilines is 3. The molecule has 2 N–H and O–H groups in total. The molecule has 0 aliphatic carbocycles. The lowest BCUT2D eigenvalue weighted by atomic mass is 10.2. The molecule has 0 amide bonds. The average Bonchev–Trinajstić information content (AvgIpc) is 3.34. The van der Waals surface area contributed by atoms with Crippen molar-refractivity contribution in [3.05, 3.63) is 90.8 Å². The Labute approximate surface area is 212 Å². The quantitative estimate of drug-likeness (QED) is 0.363. The molecule has 1 saturated heterocycles. The monoisotopic (exact) mass is 496 g/mol. The Morgan fingerprint density at radius 3 is 2.65 bits per heavy atom. The summed E-state index contributed by atoms with van der Waals surface area (Å²) in [5, 5.41) is 17.7. The van der Waals surface area contributed by atoms with Crippen LogP contribution in [0.1, 0.15) is 5.56 Å². The van der Waals surface area contributed by atoms with Crippen LogP contribution in [-0.4, -0.2) is 60.8 Å². The molecule has 186 valence electrons. The van der Waals surface area contributed by atoms with Crippen LogP contribution in [0, 0.1) is 5.82 Å². The molecule has 1 aliphatic heterocycles. The van der Waals surface area contributed by atoms with E-state index >= 15 is 0 Å². The van der Waals surface area contributed by atoms with Gasteiger partial charge in [0.25, 0.3) is 0 Å². The highest BCUT2D eigenvalue weighted by atomic mass is 19.1. The third-order valence-electron chi connectivity index (χ3n) is 6.48. The fourth-order valence-electron chi connectivity index (χ4n) is 4.61. The van der Waals surface area contributed by atoms with Gasteiger partial charge in [-0.05, 0) is 42.0 Å². The minimum atomic E-state index is -0.463. The molecule has 0 atom stereocenters. The number of phenols is 1. The van der Waals surface area contributed by atoms with Crippen LogP contribution < -0.4 is 10.2 Å². The van der Waals surface area contributed by atoms with Gasteiger partial charge in [-0.1, -0.05) is 12.1 Å². The summed E-state index contributed by atoms with van der Waals surface area (Å²) in [6, 6.07) is 16.5. The first-order valence-electron chi connectivity index (χ1n) is 12.1. The van der Waals surface area contributed by atoms with E-state index < -0.39 is 5.82 Å². The number of fused-ring (bicyclic) bond motifs is 1. The van der Waals surface area contributed by atoms with Gasteiger partial charge in [0.15, 0.2) is 11.6 Å². The van der Waals surface area contributed by atoms with E-state index in [2.05, 4.69) is 25.1 Å². The van der Waals surface area contributed by atoms with Crippen LogP contribution in [0.2, 0.25) is 0 Å². The molecule has 1 aromatic carbocycles. The number of halogens is 1. The van der Waals surface area contributed by atoms with Crippen molar-refractivity contribution in [2.45, 2.75) is 6.54 Å². The molecule has 37 heavy (non-hydrogen) atoms. The number of rotatable bonds is 6. The van der Waals surface area contributed by atoms with E-state index in [1.807, 2.05) is 42.6 Å². The summed E-state index contributed by atoms with van der Waals surface area (Å²) >= 11 is 0. The topological polar surface area (TPSA) is 94.7 Å². The first-order valence-corrected chi connectivity index (χ1v) is 12.1. The average molecular weight is 497 g/mol. The lowest BCUT2D eigenvalue weighted by molar-refractivity contribution is 0.250. The molecule has 0 bridgehead atoms. The maximum atomic E-state index is 14.5. The van der Waals surface area contributed by atoms with Gasteiger partial charge in [-0.2, -0.15) is 0 Å². The minimum Gasteiger partial charge on any atom is -0.508 e. The molecule has 9 nitrogen and oxygen atoms in total. The van der Waals surface area contributed by atoms with E-state index in [9.17, 15) is 9.50 Å². The zero-order valence-electron chi connectivity index (χ0n) is 20.0. The Morgan fingerprint density at radius 1 is 0.973 bits per heavy atom. The molecular weight excluding hydrogens is 471 g/mol. The summed E-state index contributed by atoms with van der Waals surface area (Å²) < 4.78 is 16.3. The van der Waals surface area contributed by atoms with E-state index in [1.54, 1.807) is 28.9 Å². The number of hydrogen-bond donors (Lipinski definition) is 2. The van der Waals surface area contributed by atoms with E-state index in [0.717, 1.165) is 42.9 Å². The molecule has 5 heterocycles. The Morgan fingerprint density at radius 2 is 1.86 bits per heavy atom. The fraction of sp³-hybridized carbons (Fsp3) is 0.185. The second-order valence-electron chi connectivity index (χ2n) is 8.90. The summed E-state index contributed by atoms with van der Waals surface area (Å²) in [6.07, 6.45) is 6.30. The van der Waals surface area contributed by atoms with Crippen LogP contribution in [-0.2, 0) is 6.54 Å². The second kappa shape index (κ2) is 9.82. The van der Waals surface area contributed by atoms with E-state index in [4.69, 9.17) is 10.1 Å². The summed E-state index contributed by atoms with van der Waals surface area (Å²) in [7, 11) is 0. The Hall–Kier alpha value is -4.57. The summed E-state index contributed by atoms with van der Waals surface area (Å²) in [6.45, 7) is 4.12. The molecule has 6 rings (SSSR count). The molecule has 0 radical (unpaired) electrons. The summed E-state index contributed by atoms with van der Waals surface area (Å²) in [5.74, 6) is 0.747. The number of aromatic hydroxyl groups is 1. The lowest BCUT2D eigenvalue weighted by Gasteiger charge is -2.36. The zero-order chi connectivity index (χ0) is 25.2. The maximum Gasteiger partial charge on any atom is 0.200 e. The van der Waals surface area contributed by atoms with Gasteiger partial charge in [-0.3, -0.25) is 14.9 Å². The van der Waals surface area contributed by atoms with Crippen molar-refractivity contribution in [2.75, 3.05) is 36.4 Å². The van der Waals surface area contributed by atoms with Crippen LogP contribution in [0.5, 0.6) is 5.75 Å². The minimum absolute atomic E-state index is 0.274. The number of nitrogens with zero attached hydrogens (tertiary/aromatic N) is 7. The number of aromatic nitrogens is 5. The molecule has 0 spiro atoms. The normalized spacial score (nSPS) is 14.2. The number of benzene rings is 1. The van der Waals surface area contributed by atoms with Gasteiger partial charge in [0.05, 0.1) is 11.9 Å². The number of pyridine rings is 2. The molecule has 10 heteroatoms. The van der Waals surface area contributed by atoms with Gasteiger partial charge in [0, 0.05) is 63.1 Å². The maximum absolute atomic E-state index is 14.5. The third kappa shape index (κ3) is 4.78.